The van der Waals surface area contributed by atoms with Gasteiger partial charge in [-0.05, 0) is 75.1 Å². The lowest BCUT2D eigenvalue weighted by atomic mass is 10.0. The number of carbonyl (C=O) groups is 2. The highest BCUT2D eigenvalue weighted by Gasteiger charge is 2.14. The summed E-state index contributed by atoms with van der Waals surface area (Å²) in [5.74, 6) is -0.0463. The Hall–Kier alpha value is -3.35. The minimum atomic E-state index is -0.271. The Kier molecular flexibility index (Phi) is 7.87. The third-order valence-corrected chi connectivity index (χ3v) is 5.31. The molecule has 0 radical (unpaired) electrons. The van der Waals surface area contributed by atoms with Crippen LogP contribution < -0.4 is 10.1 Å². The second-order valence-corrected chi connectivity index (χ2v) is 7.63. The van der Waals surface area contributed by atoms with E-state index in [9.17, 15) is 14.0 Å². The van der Waals surface area contributed by atoms with Crippen molar-refractivity contribution in [2.24, 2.45) is 0 Å². The van der Waals surface area contributed by atoms with Gasteiger partial charge in [0.25, 0.3) is 5.91 Å². The molecule has 0 aliphatic carbocycles. The first-order chi connectivity index (χ1) is 15.4. The summed E-state index contributed by atoms with van der Waals surface area (Å²) in [5.41, 5.74) is 3.98. The number of hydrogen-bond donors (Lipinski definition) is 2. The van der Waals surface area contributed by atoms with Crippen molar-refractivity contribution in [2.45, 2.75) is 40.0 Å². The zero-order valence-electron chi connectivity index (χ0n) is 18.7. The van der Waals surface area contributed by atoms with E-state index in [-0.39, 0.29) is 17.7 Å². The molecule has 0 saturated heterocycles. The number of esters is 1. The molecule has 7 heteroatoms. The number of fused-ring (bicyclic) bond motifs is 1. The molecule has 0 atom stereocenters. The normalized spacial score (nSPS) is 10.9. The van der Waals surface area contributed by atoms with Gasteiger partial charge in [0.15, 0.2) is 0 Å². The number of hydrogen-bond acceptors (Lipinski definition) is 4. The number of aromatic amines is 1. The SMILES string of the molecule is CCOC(=O)CCCOc1ccc(C(=O)NCCc2c(C)[nH]c3c(F)ccc(C)c23)cc1. The van der Waals surface area contributed by atoms with Crippen molar-refractivity contribution >= 4 is 22.8 Å². The Balaban J connectivity index is 1.50. The van der Waals surface area contributed by atoms with Crippen molar-refractivity contribution in [1.29, 1.82) is 0 Å². The van der Waals surface area contributed by atoms with E-state index in [0.717, 1.165) is 22.2 Å². The van der Waals surface area contributed by atoms with Crippen LogP contribution in [0.25, 0.3) is 10.9 Å². The maximum Gasteiger partial charge on any atom is 0.305 e. The Morgan fingerprint density at radius 3 is 2.56 bits per heavy atom. The topological polar surface area (TPSA) is 80.4 Å². The number of aryl methyl sites for hydroxylation is 2. The van der Waals surface area contributed by atoms with Gasteiger partial charge in [0.1, 0.15) is 11.6 Å². The van der Waals surface area contributed by atoms with Gasteiger partial charge in [0, 0.05) is 29.6 Å². The molecule has 32 heavy (non-hydrogen) atoms. The highest BCUT2D eigenvalue weighted by molar-refractivity contribution is 5.94. The zero-order valence-corrected chi connectivity index (χ0v) is 18.7. The molecule has 2 aromatic carbocycles. The second kappa shape index (κ2) is 10.8. The maximum absolute atomic E-state index is 14.1. The molecule has 3 aromatic rings. The van der Waals surface area contributed by atoms with Crippen molar-refractivity contribution < 1.29 is 23.5 Å². The van der Waals surface area contributed by atoms with Crippen molar-refractivity contribution in [1.82, 2.24) is 10.3 Å². The minimum absolute atomic E-state index is 0.181. The van der Waals surface area contributed by atoms with Gasteiger partial charge in [-0.1, -0.05) is 6.07 Å². The van der Waals surface area contributed by atoms with Crippen LogP contribution in [-0.2, 0) is 16.0 Å². The predicted octanol–water partition coefficient (Wildman–Crippen LogP) is 4.62. The summed E-state index contributed by atoms with van der Waals surface area (Å²) in [6.07, 6.45) is 1.48. The van der Waals surface area contributed by atoms with Crippen LogP contribution in [0.2, 0.25) is 0 Å². The smallest absolute Gasteiger partial charge is 0.305 e. The fourth-order valence-corrected chi connectivity index (χ4v) is 3.70. The molecule has 1 amide bonds. The van der Waals surface area contributed by atoms with Gasteiger partial charge in [-0.3, -0.25) is 9.59 Å². The first kappa shape index (κ1) is 23.3. The number of amides is 1. The Labute approximate surface area is 187 Å². The summed E-state index contributed by atoms with van der Waals surface area (Å²) >= 11 is 0. The van der Waals surface area contributed by atoms with Gasteiger partial charge in [0.05, 0.1) is 18.7 Å². The fourth-order valence-electron chi connectivity index (χ4n) is 3.70. The second-order valence-electron chi connectivity index (χ2n) is 7.63. The molecule has 3 rings (SSSR count). The van der Waals surface area contributed by atoms with Gasteiger partial charge >= 0.3 is 5.97 Å². The summed E-state index contributed by atoms with van der Waals surface area (Å²) in [6.45, 7) is 6.86. The number of ether oxygens (including phenoxy) is 2. The maximum atomic E-state index is 14.1. The highest BCUT2D eigenvalue weighted by Crippen LogP contribution is 2.27. The molecule has 0 spiro atoms. The summed E-state index contributed by atoms with van der Waals surface area (Å²) in [4.78, 5) is 26.9. The Morgan fingerprint density at radius 2 is 1.84 bits per heavy atom. The average molecular weight is 441 g/mol. The first-order valence-electron chi connectivity index (χ1n) is 10.8. The molecule has 0 fully saturated rings. The summed E-state index contributed by atoms with van der Waals surface area (Å²) < 4.78 is 24.6. The average Bonchev–Trinajstić information content (AvgIpc) is 3.12. The number of nitrogens with one attached hydrogen (secondary N) is 2. The van der Waals surface area contributed by atoms with Crippen LogP contribution in [0.15, 0.2) is 36.4 Å². The molecule has 170 valence electrons. The lowest BCUT2D eigenvalue weighted by Gasteiger charge is -2.09. The third-order valence-electron chi connectivity index (χ3n) is 5.31. The predicted molar refractivity (Wildman–Crippen MR) is 122 cm³/mol. The molecular weight excluding hydrogens is 411 g/mol. The van der Waals surface area contributed by atoms with E-state index >= 15 is 0 Å². The van der Waals surface area contributed by atoms with Gasteiger partial charge in [-0.25, -0.2) is 4.39 Å². The molecule has 0 saturated carbocycles. The molecule has 2 N–H and O–H groups in total. The molecule has 1 aromatic heterocycles. The number of aromatic nitrogens is 1. The van der Waals surface area contributed by atoms with Crippen molar-refractivity contribution in [2.75, 3.05) is 19.8 Å². The Bertz CT molecular complexity index is 1090. The quantitative estimate of drug-likeness (QED) is 0.356. The van der Waals surface area contributed by atoms with Crippen molar-refractivity contribution in [3.63, 3.8) is 0 Å². The van der Waals surface area contributed by atoms with Gasteiger partial charge in [-0.2, -0.15) is 0 Å². The molecule has 0 aliphatic rings. The van der Waals surface area contributed by atoms with E-state index < -0.39 is 0 Å². The molecular formula is C25H29FN2O4. The standard InChI is InChI=1S/C25H29FN2O4/c1-4-31-22(29)6-5-15-32-19-10-8-18(9-11-19)25(30)27-14-13-20-17(3)28-24-21(26)12-7-16(2)23(20)24/h7-12,28H,4-6,13-15H2,1-3H3,(H,27,30). The summed E-state index contributed by atoms with van der Waals surface area (Å²) in [7, 11) is 0. The number of H-pyrrole nitrogens is 1. The number of halogens is 1. The van der Waals surface area contributed by atoms with Crippen molar-refractivity contribution in [3.05, 3.63) is 64.6 Å². The molecule has 0 bridgehead atoms. The Morgan fingerprint density at radius 1 is 1.09 bits per heavy atom. The molecule has 0 aliphatic heterocycles. The van der Waals surface area contributed by atoms with Crippen LogP contribution in [-0.4, -0.2) is 36.6 Å². The van der Waals surface area contributed by atoms with Gasteiger partial charge < -0.3 is 19.8 Å². The van der Waals surface area contributed by atoms with Crippen LogP contribution in [0.5, 0.6) is 5.75 Å². The van der Waals surface area contributed by atoms with Crippen LogP contribution in [0.3, 0.4) is 0 Å². The van der Waals surface area contributed by atoms with E-state index in [2.05, 4.69) is 10.3 Å². The lowest BCUT2D eigenvalue weighted by molar-refractivity contribution is -0.143. The van der Waals surface area contributed by atoms with Crippen LogP contribution in [0.4, 0.5) is 4.39 Å². The highest BCUT2D eigenvalue weighted by atomic mass is 19.1. The zero-order chi connectivity index (χ0) is 23.1. The van der Waals surface area contributed by atoms with Gasteiger partial charge in [-0.15, -0.1) is 0 Å². The van der Waals surface area contributed by atoms with Gasteiger partial charge in [0.2, 0.25) is 0 Å². The third kappa shape index (κ3) is 5.66. The van der Waals surface area contributed by atoms with E-state index in [4.69, 9.17) is 9.47 Å². The molecule has 6 nitrogen and oxygen atoms in total. The molecule has 0 unspecified atom stereocenters. The van der Waals surface area contributed by atoms with E-state index in [1.54, 1.807) is 37.3 Å². The summed E-state index contributed by atoms with van der Waals surface area (Å²) in [6, 6.07) is 10.1. The summed E-state index contributed by atoms with van der Waals surface area (Å²) in [5, 5.41) is 3.81. The minimum Gasteiger partial charge on any atom is -0.494 e. The van der Waals surface area contributed by atoms with E-state index in [1.807, 2.05) is 13.8 Å². The number of rotatable bonds is 10. The first-order valence-corrected chi connectivity index (χ1v) is 10.8. The molecule has 1 heterocycles. The fraction of sp³-hybridized carbons (Fsp3) is 0.360. The van der Waals surface area contributed by atoms with E-state index in [1.165, 1.54) is 6.07 Å². The van der Waals surface area contributed by atoms with Crippen molar-refractivity contribution in [3.8, 4) is 5.75 Å². The number of benzene rings is 2. The lowest BCUT2D eigenvalue weighted by Crippen LogP contribution is -2.25. The number of carbonyl (C=O) groups excluding carboxylic acids is 2. The monoisotopic (exact) mass is 440 g/mol. The van der Waals surface area contributed by atoms with E-state index in [0.29, 0.717) is 55.9 Å². The van der Waals surface area contributed by atoms with Crippen LogP contribution >= 0.6 is 0 Å². The van der Waals surface area contributed by atoms with Crippen LogP contribution in [0.1, 0.15) is 46.9 Å². The van der Waals surface area contributed by atoms with Crippen LogP contribution in [0, 0.1) is 19.7 Å². The largest absolute Gasteiger partial charge is 0.494 e.